The third kappa shape index (κ3) is 2.91. The minimum Gasteiger partial charge on any atom is -0.277 e. The zero-order valence-corrected chi connectivity index (χ0v) is 17.2. The van der Waals surface area contributed by atoms with Crippen molar-refractivity contribution in [1.82, 2.24) is 28.5 Å². The Labute approximate surface area is 172 Å². The number of nitrogens with zero attached hydrogens (tertiary/aromatic N) is 6. The van der Waals surface area contributed by atoms with Gasteiger partial charge >= 0.3 is 0 Å². The number of fused-ring (bicyclic) bond motifs is 3. The topological polar surface area (TPSA) is 102 Å². The lowest BCUT2D eigenvalue weighted by Crippen LogP contribution is -2.33. The predicted octanol–water partition coefficient (Wildman–Crippen LogP) is 1.81. The first kappa shape index (κ1) is 18.9. The second-order valence-electron chi connectivity index (χ2n) is 7.29. The first-order valence-electron chi connectivity index (χ1n) is 9.79. The van der Waals surface area contributed by atoms with Crippen molar-refractivity contribution in [3.05, 3.63) is 65.0 Å². The summed E-state index contributed by atoms with van der Waals surface area (Å²) >= 11 is 0. The molecular formula is C20H20N6O3S. The molecule has 9 nitrogen and oxygen atoms in total. The van der Waals surface area contributed by atoms with Crippen LogP contribution < -0.4 is 5.56 Å². The van der Waals surface area contributed by atoms with Gasteiger partial charge in [-0.1, -0.05) is 12.1 Å². The van der Waals surface area contributed by atoms with Crippen molar-refractivity contribution in [3.8, 4) is 0 Å². The van der Waals surface area contributed by atoms with Crippen molar-refractivity contribution in [2.45, 2.75) is 43.8 Å². The van der Waals surface area contributed by atoms with E-state index in [4.69, 9.17) is 0 Å². The molecule has 3 aromatic heterocycles. The SMILES string of the molecule is CCn1c(=O)c2ccccc2n2c(CN(C3CC3)S(=O)(=O)c3cccnc3)nnc12. The molecule has 0 N–H and O–H groups in total. The molecule has 0 spiro atoms. The van der Waals surface area contributed by atoms with E-state index in [0.717, 1.165) is 12.8 Å². The Bertz CT molecular complexity index is 1410. The van der Waals surface area contributed by atoms with Crippen LogP contribution >= 0.6 is 0 Å². The Kier molecular flexibility index (Phi) is 4.40. The van der Waals surface area contributed by atoms with E-state index in [9.17, 15) is 13.2 Å². The van der Waals surface area contributed by atoms with Crippen LogP contribution in [0.1, 0.15) is 25.6 Å². The molecule has 154 valence electrons. The molecular weight excluding hydrogens is 404 g/mol. The molecule has 0 radical (unpaired) electrons. The molecule has 10 heteroatoms. The van der Waals surface area contributed by atoms with Gasteiger partial charge in [-0.15, -0.1) is 10.2 Å². The average molecular weight is 424 g/mol. The van der Waals surface area contributed by atoms with Crippen LogP contribution in [0.4, 0.5) is 0 Å². The highest BCUT2D eigenvalue weighted by Crippen LogP contribution is 2.33. The maximum absolute atomic E-state index is 13.3. The number of sulfonamides is 1. The molecule has 3 heterocycles. The number of benzene rings is 1. The van der Waals surface area contributed by atoms with Crippen LogP contribution in [0.3, 0.4) is 0 Å². The van der Waals surface area contributed by atoms with E-state index < -0.39 is 10.0 Å². The number of rotatable bonds is 6. The first-order chi connectivity index (χ1) is 14.5. The van der Waals surface area contributed by atoms with Gasteiger partial charge in [0.25, 0.3) is 5.56 Å². The fourth-order valence-electron chi connectivity index (χ4n) is 3.75. The highest BCUT2D eigenvalue weighted by atomic mass is 32.2. The van der Waals surface area contributed by atoms with Crippen LogP contribution in [0.25, 0.3) is 16.7 Å². The number of para-hydroxylation sites is 1. The van der Waals surface area contributed by atoms with Crippen molar-refractivity contribution in [2.75, 3.05) is 0 Å². The van der Waals surface area contributed by atoms with Crippen LogP contribution in [-0.4, -0.2) is 42.9 Å². The Morgan fingerprint density at radius 3 is 2.63 bits per heavy atom. The zero-order valence-electron chi connectivity index (χ0n) is 16.3. The number of aromatic nitrogens is 5. The summed E-state index contributed by atoms with van der Waals surface area (Å²) in [5.41, 5.74) is 0.526. The molecule has 0 atom stereocenters. The molecule has 1 aliphatic rings. The molecule has 1 saturated carbocycles. The molecule has 4 aromatic rings. The Hall–Kier alpha value is -3.11. The van der Waals surface area contributed by atoms with Crippen molar-refractivity contribution in [1.29, 1.82) is 0 Å². The Morgan fingerprint density at radius 1 is 1.13 bits per heavy atom. The fourth-order valence-corrected chi connectivity index (χ4v) is 5.35. The first-order valence-corrected chi connectivity index (χ1v) is 11.2. The Morgan fingerprint density at radius 2 is 1.93 bits per heavy atom. The lowest BCUT2D eigenvalue weighted by atomic mass is 10.2. The summed E-state index contributed by atoms with van der Waals surface area (Å²) in [5.74, 6) is 0.883. The minimum absolute atomic E-state index is 0.0645. The quantitative estimate of drug-likeness (QED) is 0.468. The van der Waals surface area contributed by atoms with Gasteiger partial charge < -0.3 is 0 Å². The predicted molar refractivity (Wildman–Crippen MR) is 110 cm³/mol. The van der Waals surface area contributed by atoms with E-state index in [1.807, 2.05) is 25.1 Å². The molecule has 0 amide bonds. The van der Waals surface area contributed by atoms with E-state index >= 15 is 0 Å². The highest BCUT2D eigenvalue weighted by molar-refractivity contribution is 7.89. The molecule has 1 aliphatic carbocycles. The molecule has 5 rings (SSSR count). The summed E-state index contributed by atoms with van der Waals surface area (Å²) in [6.45, 7) is 2.37. The maximum atomic E-state index is 13.3. The van der Waals surface area contributed by atoms with Gasteiger partial charge in [0.15, 0.2) is 5.82 Å². The second kappa shape index (κ2) is 6.99. The fraction of sp³-hybridized carbons (Fsp3) is 0.300. The normalized spacial score (nSPS) is 14.7. The molecule has 0 saturated heterocycles. The summed E-state index contributed by atoms with van der Waals surface area (Å²) in [4.78, 5) is 16.9. The van der Waals surface area contributed by atoms with Gasteiger partial charge in [0, 0.05) is 25.0 Å². The Balaban J connectivity index is 1.68. The van der Waals surface area contributed by atoms with E-state index in [1.165, 1.54) is 10.5 Å². The van der Waals surface area contributed by atoms with Gasteiger partial charge in [0.05, 0.1) is 17.4 Å². The van der Waals surface area contributed by atoms with Crippen molar-refractivity contribution >= 4 is 26.7 Å². The van der Waals surface area contributed by atoms with Crippen molar-refractivity contribution < 1.29 is 8.42 Å². The highest BCUT2D eigenvalue weighted by Gasteiger charge is 2.39. The van der Waals surface area contributed by atoms with Gasteiger partial charge in [0.2, 0.25) is 15.8 Å². The third-order valence-electron chi connectivity index (χ3n) is 5.38. The van der Waals surface area contributed by atoms with E-state index in [0.29, 0.717) is 29.0 Å². The number of hydrogen-bond donors (Lipinski definition) is 0. The summed E-state index contributed by atoms with van der Waals surface area (Å²) in [6, 6.07) is 10.3. The van der Waals surface area contributed by atoms with Gasteiger partial charge in [-0.2, -0.15) is 4.31 Å². The van der Waals surface area contributed by atoms with Gasteiger partial charge in [-0.25, -0.2) is 8.42 Å². The summed E-state index contributed by atoms with van der Waals surface area (Å²) in [6.07, 6.45) is 4.51. The smallest absolute Gasteiger partial charge is 0.262 e. The van der Waals surface area contributed by atoms with Gasteiger partial charge in [0.1, 0.15) is 4.90 Å². The van der Waals surface area contributed by atoms with Crippen LogP contribution in [0, 0.1) is 0 Å². The van der Waals surface area contributed by atoms with Crippen molar-refractivity contribution in [3.63, 3.8) is 0 Å². The maximum Gasteiger partial charge on any atom is 0.262 e. The number of pyridine rings is 1. The zero-order chi connectivity index (χ0) is 20.9. The van der Waals surface area contributed by atoms with Gasteiger partial charge in [-0.05, 0) is 44.0 Å². The summed E-state index contributed by atoms with van der Waals surface area (Å²) < 4.78 is 31.4. The molecule has 30 heavy (non-hydrogen) atoms. The molecule has 1 aromatic carbocycles. The van der Waals surface area contributed by atoms with Crippen LogP contribution in [-0.2, 0) is 23.1 Å². The van der Waals surface area contributed by atoms with E-state index in [2.05, 4.69) is 15.2 Å². The summed E-state index contributed by atoms with van der Waals surface area (Å²) in [7, 11) is -3.74. The van der Waals surface area contributed by atoms with Crippen LogP contribution in [0.5, 0.6) is 0 Å². The standard InChI is InChI=1S/C20H20N6O3S/c1-2-24-19(27)16-7-3-4-8-17(16)26-18(22-23-20(24)26)13-25(14-9-10-14)30(28,29)15-6-5-11-21-12-15/h3-8,11-12,14H,2,9-10,13H2,1H3. The van der Waals surface area contributed by atoms with Crippen molar-refractivity contribution in [2.24, 2.45) is 0 Å². The lowest BCUT2D eigenvalue weighted by molar-refractivity contribution is 0.388. The largest absolute Gasteiger partial charge is 0.277 e. The van der Waals surface area contributed by atoms with E-state index in [-0.39, 0.29) is 23.0 Å². The molecule has 0 unspecified atom stereocenters. The van der Waals surface area contributed by atoms with Crippen LogP contribution in [0.2, 0.25) is 0 Å². The number of hydrogen-bond acceptors (Lipinski definition) is 6. The summed E-state index contributed by atoms with van der Waals surface area (Å²) in [5, 5.41) is 9.06. The molecule has 0 aliphatic heterocycles. The average Bonchev–Trinajstić information content (AvgIpc) is 3.52. The van der Waals surface area contributed by atoms with Gasteiger partial charge in [-0.3, -0.25) is 18.7 Å². The molecule has 1 fully saturated rings. The monoisotopic (exact) mass is 424 g/mol. The molecule has 0 bridgehead atoms. The number of aryl methyl sites for hydroxylation is 1. The second-order valence-corrected chi connectivity index (χ2v) is 9.18. The third-order valence-corrected chi connectivity index (χ3v) is 7.27. The van der Waals surface area contributed by atoms with E-state index in [1.54, 1.807) is 33.4 Å². The minimum atomic E-state index is -3.74. The van der Waals surface area contributed by atoms with Crippen LogP contribution in [0.15, 0.2) is 58.5 Å². The lowest BCUT2D eigenvalue weighted by Gasteiger charge is -2.21.